The summed E-state index contributed by atoms with van der Waals surface area (Å²) in [5.74, 6) is 0.405. The molecule has 0 atom stereocenters. The summed E-state index contributed by atoms with van der Waals surface area (Å²) < 4.78 is 3.53. The van der Waals surface area contributed by atoms with Crippen LogP contribution in [0.4, 0.5) is 17.3 Å². The van der Waals surface area contributed by atoms with E-state index in [9.17, 15) is 4.79 Å². The maximum absolute atomic E-state index is 13.7. The number of thiophene rings is 1. The van der Waals surface area contributed by atoms with Gasteiger partial charge in [0.1, 0.15) is 5.39 Å². The highest BCUT2D eigenvalue weighted by molar-refractivity contribution is 7.08. The first-order chi connectivity index (χ1) is 18.6. The molecule has 1 saturated heterocycles. The van der Waals surface area contributed by atoms with Gasteiger partial charge in [0.05, 0.1) is 11.2 Å². The fourth-order valence-electron chi connectivity index (χ4n) is 5.24. The molecule has 0 amide bonds. The van der Waals surface area contributed by atoms with Gasteiger partial charge >= 0.3 is 0 Å². The number of para-hydroxylation sites is 1. The van der Waals surface area contributed by atoms with E-state index in [0.29, 0.717) is 22.6 Å². The van der Waals surface area contributed by atoms with Crippen molar-refractivity contribution in [2.75, 3.05) is 43.4 Å². The summed E-state index contributed by atoms with van der Waals surface area (Å²) in [6.45, 7) is 6.31. The number of aryl methyl sites for hydroxylation is 1. The van der Waals surface area contributed by atoms with Crippen molar-refractivity contribution < 1.29 is 0 Å². The molecular formula is C28H26N8OS. The topological polar surface area (TPSA) is 83.6 Å². The summed E-state index contributed by atoms with van der Waals surface area (Å²) >= 11 is 1.58. The number of hydrogen-bond acceptors (Lipinski definition) is 8. The number of nitrogens with zero attached hydrogens (tertiary/aromatic N) is 7. The molecule has 5 heterocycles. The van der Waals surface area contributed by atoms with Crippen LogP contribution in [0.3, 0.4) is 0 Å². The molecule has 1 N–H and O–H groups in total. The second-order valence-corrected chi connectivity index (χ2v) is 10.5. The maximum atomic E-state index is 13.7. The minimum atomic E-state index is -0.202. The fraction of sp³-hybridized carbons (Fsp3) is 0.214. The quantitative estimate of drug-likeness (QED) is 0.366. The molecule has 10 heteroatoms. The van der Waals surface area contributed by atoms with Crippen LogP contribution >= 0.6 is 11.3 Å². The first-order valence-corrected chi connectivity index (χ1v) is 13.5. The first-order valence-electron chi connectivity index (χ1n) is 12.6. The van der Waals surface area contributed by atoms with Crippen molar-refractivity contribution in [3.05, 3.63) is 81.4 Å². The zero-order valence-electron chi connectivity index (χ0n) is 21.1. The summed E-state index contributed by atoms with van der Waals surface area (Å²) in [5, 5.41) is 8.58. The third-order valence-corrected chi connectivity index (χ3v) is 7.90. The van der Waals surface area contributed by atoms with E-state index in [2.05, 4.69) is 51.2 Å². The molecule has 0 radical (unpaired) electrons. The fourth-order valence-corrected chi connectivity index (χ4v) is 5.85. The van der Waals surface area contributed by atoms with E-state index in [1.54, 1.807) is 22.0 Å². The Morgan fingerprint density at radius 3 is 2.61 bits per heavy atom. The van der Waals surface area contributed by atoms with Crippen LogP contribution in [0.1, 0.15) is 5.56 Å². The van der Waals surface area contributed by atoms with Crippen LogP contribution in [0.5, 0.6) is 0 Å². The van der Waals surface area contributed by atoms with Gasteiger partial charge in [0.25, 0.3) is 5.56 Å². The lowest BCUT2D eigenvalue weighted by molar-refractivity contribution is 0.312. The van der Waals surface area contributed by atoms with Crippen molar-refractivity contribution in [2.45, 2.75) is 6.92 Å². The number of hydrogen-bond donors (Lipinski definition) is 1. The lowest BCUT2D eigenvalue weighted by atomic mass is 10.1. The number of anilines is 3. The predicted molar refractivity (Wildman–Crippen MR) is 153 cm³/mol. The molecule has 1 aliphatic heterocycles. The lowest BCUT2D eigenvalue weighted by Gasteiger charge is -2.35. The second kappa shape index (κ2) is 8.93. The van der Waals surface area contributed by atoms with Crippen LogP contribution < -0.4 is 15.8 Å². The molecule has 0 unspecified atom stereocenters. The van der Waals surface area contributed by atoms with Crippen LogP contribution in [0.15, 0.2) is 70.3 Å². The molecule has 0 bridgehead atoms. The predicted octanol–water partition coefficient (Wildman–Crippen LogP) is 4.45. The van der Waals surface area contributed by atoms with Gasteiger partial charge < -0.3 is 15.1 Å². The Morgan fingerprint density at radius 2 is 1.82 bits per heavy atom. The van der Waals surface area contributed by atoms with Crippen molar-refractivity contribution in [3.63, 3.8) is 0 Å². The monoisotopic (exact) mass is 522 g/mol. The summed E-state index contributed by atoms with van der Waals surface area (Å²) in [6, 6.07) is 16.2. The Balaban J connectivity index is 1.28. The van der Waals surface area contributed by atoms with E-state index in [4.69, 9.17) is 4.98 Å². The number of piperazine rings is 1. The van der Waals surface area contributed by atoms with E-state index in [-0.39, 0.29) is 5.56 Å². The number of fused-ring (bicyclic) bond motifs is 4. The summed E-state index contributed by atoms with van der Waals surface area (Å²) in [4.78, 5) is 32.4. The Hall–Kier alpha value is -4.28. The summed E-state index contributed by atoms with van der Waals surface area (Å²) in [7, 11) is 2.16. The number of benzene rings is 2. The van der Waals surface area contributed by atoms with Crippen molar-refractivity contribution in [1.29, 1.82) is 0 Å². The number of rotatable bonds is 4. The third kappa shape index (κ3) is 3.72. The van der Waals surface area contributed by atoms with Gasteiger partial charge in [-0.05, 0) is 61.3 Å². The van der Waals surface area contributed by atoms with Crippen molar-refractivity contribution in [2.24, 2.45) is 0 Å². The highest BCUT2D eigenvalue weighted by Crippen LogP contribution is 2.28. The minimum Gasteiger partial charge on any atom is -0.369 e. The van der Waals surface area contributed by atoms with Gasteiger partial charge in [-0.15, -0.1) is 0 Å². The molecular weight excluding hydrogens is 496 g/mol. The van der Waals surface area contributed by atoms with Gasteiger partial charge in [-0.1, -0.05) is 12.1 Å². The van der Waals surface area contributed by atoms with Gasteiger partial charge in [-0.25, -0.2) is 14.6 Å². The van der Waals surface area contributed by atoms with Crippen molar-refractivity contribution in [1.82, 2.24) is 29.0 Å². The molecule has 0 spiro atoms. The number of aromatic nitrogens is 5. The van der Waals surface area contributed by atoms with Crippen LogP contribution in [-0.2, 0) is 0 Å². The first kappa shape index (κ1) is 22.9. The zero-order chi connectivity index (χ0) is 25.8. The van der Waals surface area contributed by atoms with E-state index in [1.165, 1.54) is 11.3 Å². The Kier molecular flexibility index (Phi) is 5.38. The molecule has 2 aromatic carbocycles. The largest absolute Gasteiger partial charge is 0.369 e. The normalized spacial score (nSPS) is 14.6. The highest BCUT2D eigenvalue weighted by Gasteiger charge is 2.19. The molecule has 0 saturated carbocycles. The zero-order valence-corrected chi connectivity index (χ0v) is 21.9. The molecule has 9 nitrogen and oxygen atoms in total. The van der Waals surface area contributed by atoms with Gasteiger partial charge in [0, 0.05) is 54.5 Å². The number of nitrogens with one attached hydrogen (secondary N) is 1. The second-order valence-electron chi connectivity index (χ2n) is 9.71. The lowest BCUT2D eigenvalue weighted by Crippen LogP contribution is -2.44. The molecule has 1 fully saturated rings. The van der Waals surface area contributed by atoms with Crippen LogP contribution in [0.2, 0.25) is 0 Å². The van der Waals surface area contributed by atoms with E-state index in [1.807, 2.05) is 51.8 Å². The van der Waals surface area contributed by atoms with Gasteiger partial charge in [-0.2, -0.15) is 20.8 Å². The van der Waals surface area contributed by atoms with Gasteiger partial charge in [-0.3, -0.25) is 4.79 Å². The smallest absolute Gasteiger partial charge is 0.284 e. The molecule has 6 aromatic rings. The molecule has 1 aliphatic rings. The van der Waals surface area contributed by atoms with Gasteiger partial charge in [0.15, 0.2) is 11.3 Å². The average molecular weight is 523 g/mol. The molecule has 0 aliphatic carbocycles. The van der Waals surface area contributed by atoms with Crippen LogP contribution in [0.25, 0.3) is 33.3 Å². The number of likely N-dealkylation sites (N-methyl/N-ethyl adjacent to an activating group) is 1. The maximum Gasteiger partial charge on any atom is 0.284 e. The Morgan fingerprint density at radius 1 is 0.974 bits per heavy atom. The Labute approximate surface area is 222 Å². The van der Waals surface area contributed by atoms with E-state index in [0.717, 1.165) is 48.5 Å². The summed E-state index contributed by atoms with van der Waals surface area (Å²) in [6.07, 6.45) is 1.56. The van der Waals surface area contributed by atoms with Crippen molar-refractivity contribution in [3.8, 4) is 5.69 Å². The van der Waals surface area contributed by atoms with Crippen LogP contribution in [0, 0.1) is 6.92 Å². The standard InChI is InChI=1S/C28H26N8OS/c1-18-15-19(7-8-23(18)34-12-10-33(2)11-13-34)30-28-29-16-22-25(32-28)31-26-21-5-3-4-6-24(21)35(36(26)27(22)37)20-9-14-38-17-20/h3-9,14-17H,10-13H2,1-2H3,(H,29,30,32). The van der Waals surface area contributed by atoms with E-state index < -0.39 is 0 Å². The third-order valence-electron chi connectivity index (χ3n) is 7.22. The van der Waals surface area contributed by atoms with Gasteiger partial charge in [0.2, 0.25) is 5.95 Å². The molecule has 7 rings (SSSR count). The SMILES string of the molecule is Cc1cc(Nc2ncc3c(=O)n4c(nc3n2)c2ccccc2n4-c2ccsc2)ccc1N1CCN(C)CC1. The molecule has 4 aromatic heterocycles. The molecule has 38 heavy (non-hydrogen) atoms. The van der Waals surface area contributed by atoms with E-state index >= 15 is 0 Å². The van der Waals surface area contributed by atoms with Crippen LogP contribution in [-0.4, -0.2) is 62.3 Å². The molecule has 190 valence electrons. The van der Waals surface area contributed by atoms with Crippen molar-refractivity contribution >= 4 is 56.2 Å². The summed E-state index contributed by atoms with van der Waals surface area (Å²) in [5.41, 5.74) is 5.90. The average Bonchev–Trinajstić information content (AvgIpc) is 3.56. The minimum absolute atomic E-state index is 0.202. The highest BCUT2D eigenvalue weighted by atomic mass is 32.1. The Bertz CT molecular complexity index is 1870.